The number of ether oxygens (including phenoxy) is 1. The third-order valence-corrected chi connectivity index (χ3v) is 3.94. The van der Waals surface area contributed by atoms with Crippen LogP contribution in [0.2, 0.25) is 0 Å². The van der Waals surface area contributed by atoms with Gasteiger partial charge in [0.05, 0.1) is 23.3 Å². The number of aromatic nitrogens is 2. The van der Waals surface area contributed by atoms with Gasteiger partial charge < -0.3 is 15.0 Å². The molecular formula is C18H18N4O4. The van der Waals surface area contributed by atoms with Crippen molar-refractivity contribution in [2.75, 3.05) is 16.8 Å². The first-order valence-corrected chi connectivity index (χ1v) is 8.12. The van der Waals surface area contributed by atoms with E-state index in [-0.39, 0.29) is 24.1 Å². The average Bonchev–Trinajstić information content (AvgIpc) is 2.74. The predicted molar refractivity (Wildman–Crippen MR) is 93.7 cm³/mol. The maximum Gasteiger partial charge on any atom is 0.359 e. The van der Waals surface area contributed by atoms with E-state index < -0.39 is 18.5 Å². The van der Waals surface area contributed by atoms with Crippen LogP contribution in [0.4, 0.5) is 11.4 Å². The number of para-hydroxylation sites is 2. The summed E-state index contributed by atoms with van der Waals surface area (Å²) in [7, 11) is 0. The lowest BCUT2D eigenvalue weighted by Crippen LogP contribution is -2.41. The summed E-state index contributed by atoms with van der Waals surface area (Å²) in [6.07, 6.45) is 2.90. The minimum atomic E-state index is -0.726. The summed E-state index contributed by atoms with van der Waals surface area (Å²) in [4.78, 5) is 46.1. The monoisotopic (exact) mass is 354 g/mol. The van der Waals surface area contributed by atoms with Gasteiger partial charge in [0.15, 0.2) is 12.3 Å². The largest absolute Gasteiger partial charge is 0.451 e. The Labute approximate surface area is 150 Å². The normalized spacial score (nSPS) is 16.3. The van der Waals surface area contributed by atoms with E-state index in [1.807, 2.05) is 0 Å². The number of esters is 1. The van der Waals surface area contributed by atoms with Gasteiger partial charge >= 0.3 is 5.97 Å². The molecule has 1 aromatic heterocycles. The van der Waals surface area contributed by atoms with Crippen molar-refractivity contribution in [1.82, 2.24) is 9.97 Å². The van der Waals surface area contributed by atoms with Crippen LogP contribution in [0, 0.1) is 6.92 Å². The summed E-state index contributed by atoms with van der Waals surface area (Å²) in [5.41, 5.74) is 1.82. The lowest BCUT2D eigenvalue weighted by molar-refractivity contribution is -0.122. The summed E-state index contributed by atoms with van der Waals surface area (Å²) in [5.74, 6) is -1.32. The fourth-order valence-corrected chi connectivity index (χ4v) is 2.74. The Morgan fingerprint density at radius 2 is 2.04 bits per heavy atom. The smallest absolute Gasteiger partial charge is 0.359 e. The Hall–Kier alpha value is -3.29. The Morgan fingerprint density at radius 3 is 2.77 bits per heavy atom. The minimum Gasteiger partial charge on any atom is -0.451 e. The van der Waals surface area contributed by atoms with E-state index in [2.05, 4.69) is 15.3 Å². The van der Waals surface area contributed by atoms with Crippen LogP contribution in [0.5, 0.6) is 0 Å². The lowest BCUT2D eigenvalue weighted by atomic mass is 10.1. The van der Waals surface area contributed by atoms with Crippen LogP contribution in [0.15, 0.2) is 36.7 Å². The zero-order chi connectivity index (χ0) is 18.7. The second-order valence-corrected chi connectivity index (χ2v) is 6.00. The number of hydrogen-bond donors (Lipinski definition) is 1. The van der Waals surface area contributed by atoms with E-state index in [1.54, 1.807) is 38.1 Å². The van der Waals surface area contributed by atoms with Crippen molar-refractivity contribution in [3.63, 3.8) is 0 Å². The maximum absolute atomic E-state index is 12.7. The summed E-state index contributed by atoms with van der Waals surface area (Å²) >= 11 is 0. The molecule has 1 aromatic carbocycles. The maximum atomic E-state index is 12.7. The molecule has 0 bridgehead atoms. The van der Waals surface area contributed by atoms with Crippen molar-refractivity contribution >= 4 is 29.2 Å². The van der Waals surface area contributed by atoms with Crippen LogP contribution >= 0.6 is 0 Å². The standard InChI is InChI=1S/C18H18N4O4/c1-11-8-20-14(9-19-11)18(25)26-10-17(24)22-12(2)7-16(23)21-13-5-3-4-6-15(13)22/h3-6,8-9,12H,7,10H2,1-2H3,(H,21,23). The minimum absolute atomic E-state index is 0.0320. The van der Waals surface area contributed by atoms with Crippen LogP contribution in [-0.2, 0) is 14.3 Å². The van der Waals surface area contributed by atoms with Gasteiger partial charge in [-0.3, -0.25) is 14.6 Å². The molecule has 2 amide bonds. The highest BCUT2D eigenvalue weighted by Crippen LogP contribution is 2.31. The van der Waals surface area contributed by atoms with Crippen molar-refractivity contribution < 1.29 is 19.1 Å². The molecular weight excluding hydrogens is 336 g/mol. The van der Waals surface area contributed by atoms with Crippen LogP contribution in [0.25, 0.3) is 0 Å². The second kappa shape index (κ2) is 7.30. The molecule has 134 valence electrons. The molecule has 0 fully saturated rings. The van der Waals surface area contributed by atoms with Crippen molar-refractivity contribution in [3.8, 4) is 0 Å². The van der Waals surface area contributed by atoms with Gasteiger partial charge in [-0.25, -0.2) is 9.78 Å². The Balaban J connectivity index is 1.75. The van der Waals surface area contributed by atoms with Gasteiger partial charge in [-0.2, -0.15) is 0 Å². The van der Waals surface area contributed by atoms with E-state index >= 15 is 0 Å². The highest BCUT2D eigenvalue weighted by Gasteiger charge is 2.30. The number of anilines is 2. The SMILES string of the molecule is Cc1cnc(C(=O)OCC(=O)N2c3ccccc3NC(=O)CC2C)cn1. The first-order chi connectivity index (χ1) is 12.5. The second-order valence-electron chi connectivity index (χ2n) is 6.00. The molecule has 1 aliphatic rings. The van der Waals surface area contributed by atoms with E-state index in [4.69, 9.17) is 4.74 Å². The van der Waals surface area contributed by atoms with E-state index in [9.17, 15) is 14.4 Å². The molecule has 2 heterocycles. The van der Waals surface area contributed by atoms with Crippen molar-refractivity contribution in [2.45, 2.75) is 26.3 Å². The first-order valence-electron chi connectivity index (χ1n) is 8.12. The topological polar surface area (TPSA) is 101 Å². The fraction of sp³-hybridized carbons (Fsp3) is 0.278. The molecule has 1 aliphatic heterocycles. The van der Waals surface area contributed by atoms with Gasteiger partial charge in [0.1, 0.15) is 0 Å². The van der Waals surface area contributed by atoms with Gasteiger partial charge in [-0.15, -0.1) is 0 Å². The number of aryl methyl sites for hydroxylation is 1. The number of amides is 2. The summed E-state index contributed by atoms with van der Waals surface area (Å²) in [6.45, 7) is 3.06. The number of nitrogens with one attached hydrogen (secondary N) is 1. The van der Waals surface area contributed by atoms with Crippen LogP contribution < -0.4 is 10.2 Å². The van der Waals surface area contributed by atoms with Gasteiger partial charge in [-0.05, 0) is 26.0 Å². The van der Waals surface area contributed by atoms with E-state index in [0.717, 1.165) is 0 Å². The number of carbonyl (C=O) groups is 3. The highest BCUT2D eigenvalue weighted by atomic mass is 16.5. The molecule has 1 N–H and O–H groups in total. The molecule has 8 heteroatoms. The zero-order valence-electron chi connectivity index (χ0n) is 14.4. The molecule has 0 spiro atoms. The quantitative estimate of drug-likeness (QED) is 0.842. The third kappa shape index (κ3) is 3.69. The molecule has 26 heavy (non-hydrogen) atoms. The highest BCUT2D eigenvalue weighted by molar-refractivity contribution is 6.05. The van der Waals surface area contributed by atoms with Crippen LogP contribution in [0.3, 0.4) is 0 Å². The number of hydrogen-bond acceptors (Lipinski definition) is 6. The summed E-state index contributed by atoms with van der Waals surface area (Å²) in [6, 6.07) is 6.64. The number of fused-ring (bicyclic) bond motifs is 1. The number of carbonyl (C=O) groups excluding carboxylic acids is 3. The van der Waals surface area contributed by atoms with Gasteiger partial charge in [0.2, 0.25) is 5.91 Å². The third-order valence-electron chi connectivity index (χ3n) is 3.94. The summed E-state index contributed by atoms with van der Waals surface area (Å²) < 4.78 is 5.08. The Bertz CT molecular complexity index is 851. The van der Waals surface area contributed by atoms with Crippen molar-refractivity contribution in [1.29, 1.82) is 0 Å². The fourth-order valence-electron chi connectivity index (χ4n) is 2.74. The molecule has 0 radical (unpaired) electrons. The predicted octanol–water partition coefficient (Wildman–Crippen LogP) is 1.71. The van der Waals surface area contributed by atoms with Crippen molar-refractivity contribution in [2.24, 2.45) is 0 Å². The molecule has 0 saturated heterocycles. The first kappa shape index (κ1) is 17.5. The van der Waals surface area contributed by atoms with Crippen LogP contribution in [-0.4, -0.2) is 40.4 Å². The number of nitrogens with zero attached hydrogens (tertiary/aromatic N) is 3. The zero-order valence-corrected chi connectivity index (χ0v) is 14.4. The van der Waals surface area contributed by atoms with Gasteiger partial charge in [0.25, 0.3) is 5.91 Å². The molecule has 2 aromatic rings. The van der Waals surface area contributed by atoms with Crippen molar-refractivity contribution in [3.05, 3.63) is 48.0 Å². The van der Waals surface area contributed by atoms with Crippen LogP contribution in [0.1, 0.15) is 29.5 Å². The van der Waals surface area contributed by atoms with Gasteiger partial charge in [-0.1, -0.05) is 12.1 Å². The molecule has 8 nitrogen and oxygen atoms in total. The molecule has 1 unspecified atom stereocenters. The van der Waals surface area contributed by atoms with Gasteiger partial charge in [0, 0.05) is 18.7 Å². The number of benzene rings is 1. The van der Waals surface area contributed by atoms with E-state index in [1.165, 1.54) is 17.3 Å². The molecule has 0 aliphatic carbocycles. The summed E-state index contributed by atoms with van der Waals surface area (Å²) in [5, 5.41) is 2.77. The Kier molecular flexibility index (Phi) is 4.92. The average molecular weight is 354 g/mol. The molecule has 1 atom stereocenters. The number of rotatable bonds is 3. The molecule has 0 saturated carbocycles. The molecule has 3 rings (SSSR count). The lowest BCUT2D eigenvalue weighted by Gasteiger charge is -2.27. The van der Waals surface area contributed by atoms with E-state index in [0.29, 0.717) is 17.1 Å². The Morgan fingerprint density at radius 1 is 1.27 bits per heavy atom.